The van der Waals surface area contributed by atoms with Crippen molar-refractivity contribution in [3.05, 3.63) is 63.3 Å². The number of carbonyl (C=O) groups is 2. The fraction of sp³-hybridized carbons (Fsp3) is 0.500. The van der Waals surface area contributed by atoms with Gasteiger partial charge in [0.2, 0.25) is 0 Å². The summed E-state index contributed by atoms with van der Waals surface area (Å²) in [6.45, 7) is 2.29. The molecule has 2 heterocycles. The van der Waals surface area contributed by atoms with Crippen molar-refractivity contribution in [3.63, 3.8) is 0 Å². The number of carbonyl (C=O) groups excluding carboxylic acids is 1. The van der Waals surface area contributed by atoms with Gasteiger partial charge in [0.1, 0.15) is 5.82 Å². The molecule has 4 atom stereocenters. The zero-order valence-corrected chi connectivity index (χ0v) is 20.1. The highest BCUT2D eigenvalue weighted by molar-refractivity contribution is 5.99. The van der Waals surface area contributed by atoms with E-state index in [-0.39, 0.29) is 40.1 Å². The molecule has 7 rings (SSSR count). The lowest BCUT2D eigenvalue weighted by atomic mass is 9.49. The van der Waals surface area contributed by atoms with Gasteiger partial charge in [0.15, 0.2) is 0 Å². The van der Waals surface area contributed by atoms with Gasteiger partial charge in [0.25, 0.3) is 17.9 Å². The first-order valence-corrected chi connectivity index (χ1v) is 12.5. The van der Waals surface area contributed by atoms with E-state index < -0.39 is 35.8 Å². The average molecular weight is 517 g/mol. The van der Waals surface area contributed by atoms with Crippen molar-refractivity contribution in [2.75, 3.05) is 18.4 Å². The summed E-state index contributed by atoms with van der Waals surface area (Å²) in [5.41, 5.74) is -0.731. The van der Waals surface area contributed by atoms with E-state index in [0.717, 1.165) is 25.3 Å². The SMILES string of the molecule is C[C@@H](NC(=O)c1cn(C23CC(C2)C3)c(=O)cc1N[C@@H]1[C@@H]2CN(C(=O)O)C[C@@H]21)c1cccc(C(F)F)c1F. The molecule has 37 heavy (non-hydrogen) atoms. The van der Waals surface area contributed by atoms with Crippen molar-refractivity contribution in [1.29, 1.82) is 0 Å². The lowest BCUT2D eigenvalue weighted by Gasteiger charge is -2.62. The maximum Gasteiger partial charge on any atom is 0.407 e. The predicted molar refractivity (Wildman–Crippen MR) is 127 cm³/mol. The molecular weight excluding hydrogens is 489 g/mol. The molecule has 196 valence electrons. The molecule has 0 unspecified atom stereocenters. The number of likely N-dealkylation sites (tertiary alicyclic amines) is 1. The minimum atomic E-state index is -2.98. The number of hydrogen-bond acceptors (Lipinski definition) is 4. The fourth-order valence-corrected chi connectivity index (χ4v) is 6.43. The first-order valence-electron chi connectivity index (χ1n) is 12.5. The quantitative estimate of drug-likeness (QED) is 0.517. The number of rotatable bonds is 7. The second-order valence-electron chi connectivity index (χ2n) is 10.9. The van der Waals surface area contributed by atoms with Gasteiger partial charge in [-0.25, -0.2) is 18.0 Å². The lowest BCUT2D eigenvalue weighted by molar-refractivity contribution is -0.0914. The maximum atomic E-state index is 14.7. The Morgan fingerprint density at radius 1 is 1.14 bits per heavy atom. The molecule has 1 aromatic carbocycles. The van der Waals surface area contributed by atoms with E-state index in [1.165, 1.54) is 30.0 Å². The number of halogens is 3. The molecule has 2 amide bonds. The summed E-state index contributed by atoms with van der Waals surface area (Å²) < 4.78 is 42.7. The molecule has 5 aliphatic rings. The van der Waals surface area contributed by atoms with Crippen LogP contribution >= 0.6 is 0 Å². The third-order valence-corrected chi connectivity index (χ3v) is 8.71. The Kier molecular flexibility index (Phi) is 5.33. The minimum absolute atomic E-state index is 0.0566. The molecular formula is C26H27F3N4O4. The average Bonchev–Trinajstić information content (AvgIpc) is 3.20. The number of nitrogens with one attached hydrogen (secondary N) is 2. The van der Waals surface area contributed by atoms with E-state index in [4.69, 9.17) is 0 Å². The van der Waals surface area contributed by atoms with Crippen molar-refractivity contribution in [3.8, 4) is 0 Å². The van der Waals surface area contributed by atoms with E-state index in [0.29, 0.717) is 24.7 Å². The molecule has 3 N–H and O–H groups in total. The first kappa shape index (κ1) is 23.9. The number of nitrogens with zero attached hydrogens (tertiary/aromatic N) is 2. The van der Waals surface area contributed by atoms with Gasteiger partial charge in [0.05, 0.1) is 22.9 Å². The number of piperidine rings is 1. The van der Waals surface area contributed by atoms with Gasteiger partial charge in [-0.15, -0.1) is 0 Å². The van der Waals surface area contributed by atoms with E-state index in [1.54, 1.807) is 10.8 Å². The third-order valence-electron chi connectivity index (χ3n) is 8.71. The zero-order valence-electron chi connectivity index (χ0n) is 20.1. The molecule has 11 heteroatoms. The molecule has 0 spiro atoms. The molecule has 1 aromatic heterocycles. The van der Waals surface area contributed by atoms with Crippen LogP contribution < -0.4 is 16.2 Å². The number of benzene rings is 1. The molecule has 1 saturated heterocycles. The number of amides is 2. The van der Waals surface area contributed by atoms with Crippen molar-refractivity contribution in [1.82, 2.24) is 14.8 Å². The fourth-order valence-electron chi connectivity index (χ4n) is 6.43. The third kappa shape index (κ3) is 3.77. The summed E-state index contributed by atoms with van der Waals surface area (Å²) in [7, 11) is 0. The van der Waals surface area contributed by atoms with Crippen molar-refractivity contribution in [2.24, 2.45) is 17.8 Å². The number of hydrogen-bond donors (Lipinski definition) is 3. The van der Waals surface area contributed by atoms with Crippen LogP contribution in [-0.2, 0) is 5.54 Å². The predicted octanol–water partition coefficient (Wildman–Crippen LogP) is 3.95. The van der Waals surface area contributed by atoms with Gasteiger partial charge in [-0.05, 0) is 32.1 Å². The number of anilines is 1. The van der Waals surface area contributed by atoms with Gasteiger partial charge in [-0.2, -0.15) is 0 Å². The van der Waals surface area contributed by atoms with Crippen LogP contribution in [0.1, 0.15) is 60.1 Å². The van der Waals surface area contributed by atoms with Gasteiger partial charge < -0.3 is 25.2 Å². The normalized spacial score (nSPS) is 29.7. The number of pyridine rings is 1. The van der Waals surface area contributed by atoms with Crippen LogP contribution in [0.2, 0.25) is 0 Å². The Labute approximate surface area is 210 Å². The highest BCUT2D eigenvalue weighted by Gasteiger charge is 2.59. The van der Waals surface area contributed by atoms with Crippen LogP contribution in [0, 0.1) is 23.6 Å². The standard InChI is InChI=1S/C26H27F3N4O4/c1-12(14-3-2-4-15(21(14)27)23(28)29)30-24(35)18-11-33(26-6-13(7-26)8-26)20(34)5-19(18)31-22-16-9-32(25(36)37)10-17(16)22/h2-5,11-13,16-17,22-23,31H,6-10H2,1H3,(H,30,35)(H,36,37)/t12-,13?,16-,17+,22-,26?/m1/s1. The van der Waals surface area contributed by atoms with Crippen LogP contribution in [0.3, 0.4) is 0 Å². The molecule has 5 fully saturated rings. The monoisotopic (exact) mass is 516 g/mol. The van der Waals surface area contributed by atoms with Gasteiger partial charge in [0, 0.05) is 54.3 Å². The number of alkyl halides is 2. The van der Waals surface area contributed by atoms with Crippen molar-refractivity contribution in [2.45, 2.75) is 50.2 Å². The number of carboxylic acid groups (broad SMARTS) is 1. The highest BCUT2D eigenvalue weighted by atomic mass is 19.3. The lowest BCUT2D eigenvalue weighted by Crippen LogP contribution is -2.62. The summed E-state index contributed by atoms with van der Waals surface area (Å²) >= 11 is 0. The minimum Gasteiger partial charge on any atom is -0.465 e. The van der Waals surface area contributed by atoms with Crippen LogP contribution in [0.15, 0.2) is 35.3 Å². The molecule has 0 radical (unpaired) electrons. The number of aromatic nitrogens is 1. The van der Waals surface area contributed by atoms with Gasteiger partial charge in [-0.1, -0.05) is 18.2 Å². The zero-order chi connectivity index (χ0) is 26.2. The van der Waals surface area contributed by atoms with Gasteiger partial charge >= 0.3 is 6.09 Å². The van der Waals surface area contributed by atoms with E-state index in [2.05, 4.69) is 10.6 Å². The van der Waals surface area contributed by atoms with Crippen LogP contribution in [-0.4, -0.2) is 45.7 Å². The summed E-state index contributed by atoms with van der Waals surface area (Å²) in [6.07, 6.45) is 0.270. The summed E-state index contributed by atoms with van der Waals surface area (Å²) in [6, 6.07) is 4.13. The second-order valence-corrected chi connectivity index (χ2v) is 10.9. The second kappa shape index (κ2) is 8.26. The topological polar surface area (TPSA) is 104 Å². The van der Waals surface area contributed by atoms with E-state index in [9.17, 15) is 32.7 Å². The van der Waals surface area contributed by atoms with E-state index in [1.807, 2.05) is 0 Å². The molecule has 1 aliphatic heterocycles. The highest BCUT2D eigenvalue weighted by Crippen LogP contribution is 2.61. The van der Waals surface area contributed by atoms with Gasteiger partial charge in [-0.3, -0.25) is 9.59 Å². The molecule has 2 aromatic rings. The number of fused-ring (bicyclic) bond motifs is 1. The molecule has 4 saturated carbocycles. The Bertz CT molecular complexity index is 1330. The van der Waals surface area contributed by atoms with Crippen molar-refractivity contribution >= 4 is 17.7 Å². The maximum absolute atomic E-state index is 14.7. The Hall–Kier alpha value is -3.50. The van der Waals surface area contributed by atoms with E-state index >= 15 is 0 Å². The molecule has 2 bridgehead atoms. The van der Waals surface area contributed by atoms with Crippen LogP contribution in [0.5, 0.6) is 0 Å². The summed E-state index contributed by atoms with van der Waals surface area (Å²) in [5, 5.41) is 15.2. The summed E-state index contributed by atoms with van der Waals surface area (Å²) in [4.78, 5) is 39.1. The molecule has 4 aliphatic carbocycles. The Morgan fingerprint density at radius 3 is 2.35 bits per heavy atom. The first-order chi connectivity index (χ1) is 17.6. The smallest absolute Gasteiger partial charge is 0.407 e. The van der Waals surface area contributed by atoms with Crippen LogP contribution in [0.25, 0.3) is 0 Å². The Balaban J connectivity index is 1.27. The van der Waals surface area contributed by atoms with Crippen LogP contribution in [0.4, 0.5) is 23.7 Å². The summed E-state index contributed by atoms with van der Waals surface area (Å²) in [5.74, 6) is -0.823. The van der Waals surface area contributed by atoms with Crippen molar-refractivity contribution < 1.29 is 27.9 Å². The Morgan fingerprint density at radius 2 is 1.78 bits per heavy atom. The molecule has 8 nitrogen and oxygen atoms in total. The largest absolute Gasteiger partial charge is 0.465 e.